The van der Waals surface area contributed by atoms with Crippen LogP contribution in [-0.2, 0) is 20.3 Å². The second-order valence-corrected chi connectivity index (χ2v) is 10.2. The Bertz CT molecular complexity index is 1160. The van der Waals surface area contributed by atoms with Gasteiger partial charge in [0.05, 0.1) is 10.7 Å². The van der Waals surface area contributed by atoms with Crippen molar-refractivity contribution in [3.05, 3.63) is 40.1 Å². The van der Waals surface area contributed by atoms with Crippen LogP contribution in [0.5, 0.6) is 0 Å². The molecule has 2 N–H and O–H groups in total. The number of non-ortho nitro benzene ring substituents is 1. The molecule has 0 fully saturated rings. The number of hydrogen-bond donors (Lipinski definition) is 2. The van der Waals surface area contributed by atoms with Gasteiger partial charge in [0.15, 0.2) is 0 Å². The van der Waals surface area contributed by atoms with Crippen molar-refractivity contribution in [2.24, 2.45) is 4.99 Å². The van der Waals surface area contributed by atoms with E-state index < -0.39 is 32.2 Å². The van der Waals surface area contributed by atoms with Crippen LogP contribution < -0.4 is 5.32 Å². The highest BCUT2D eigenvalue weighted by molar-refractivity contribution is 7.89. The largest absolute Gasteiger partial charge is 0.444 e. The van der Waals surface area contributed by atoms with Gasteiger partial charge < -0.3 is 9.72 Å². The van der Waals surface area contributed by atoms with Crippen molar-refractivity contribution in [2.45, 2.75) is 38.8 Å². The van der Waals surface area contributed by atoms with E-state index >= 15 is 0 Å². The number of nitrogens with one attached hydrogen (secondary N) is 2. The van der Waals surface area contributed by atoms with Crippen LogP contribution in [0.2, 0.25) is 0 Å². The number of H-pyrrole nitrogens is 1. The summed E-state index contributed by atoms with van der Waals surface area (Å²) in [6.07, 6.45) is 0.728. The molecule has 1 aliphatic rings. The summed E-state index contributed by atoms with van der Waals surface area (Å²) in [5.74, 6) is -0.580. The molecule has 1 amide bonds. The van der Waals surface area contributed by atoms with Crippen LogP contribution in [0.1, 0.15) is 33.3 Å². The number of ether oxygens (including phenoxy) is 1. The van der Waals surface area contributed by atoms with E-state index in [1.165, 1.54) is 19.2 Å². The molecule has 11 nitrogen and oxygen atoms in total. The summed E-state index contributed by atoms with van der Waals surface area (Å²) in [6, 6.07) is 4.27. The molecule has 0 unspecified atom stereocenters. The third-order valence-corrected chi connectivity index (χ3v) is 6.54. The fourth-order valence-corrected chi connectivity index (χ4v) is 4.70. The second kappa shape index (κ2) is 6.97. The SMILES string of the molecule is CN1C(NC(=O)OC(C)(C)C)=N[C@](C)(c2c[nH]c3ccc([N+](=O)[O-])cc23)CS1(=O)=O. The number of carbonyl (C=O) groups is 1. The van der Waals surface area contributed by atoms with Gasteiger partial charge in [0.25, 0.3) is 5.69 Å². The summed E-state index contributed by atoms with van der Waals surface area (Å²) in [5.41, 5.74) is -1.15. The average molecular weight is 437 g/mol. The molecule has 1 aromatic carbocycles. The van der Waals surface area contributed by atoms with Gasteiger partial charge in [-0.15, -0.1) is 0 Å². The Kier molecular flexibility index (Phi) is 5.01. The Morgan fingerprint density at radius 1 is 1.40 bits per heavy atom. The van der Waals surface area contributed by atoms with E-state index in [1.54, 1.807) is 40.0 Å². The molecule has 1 aliphatic heterocycles. The number of rotatable bonds is 2. The van der Waals surface area contributed by atoms with Gasteiger partial charge in [-0.05, 0) is 33.8 Å². The maximum absolute atomic E-state index is 12.8. The van der Waals surface area contributed by atoms with Gasteiger partial charge in [-0.3, -0.25) is 15.4 Å². The number of aliphatic imine (C=N–C) groups is 1. The zero-order chi connectivity index (χ0) is 22.5. The number of aromatic nitrogens is 1. The second-order valence-electron chi connectivity index (χ2n) is 8.25. The molecule has 3 rings (SSSR count). The van der Waals surface area contributed by atoms with E-state index in [9.17, 15) is 23.3 Å². The molecule has 0 bridgehead atoms. The lowest BCUT2D eigenvalue weighted by Gasteiger charge is -2.35. The zero-order valence-corrected chi connectivity index (χ0v) is 18.0. The number of sulfonamides is 1. The molecule has 0 radical (unpaired) electrons. The predicted octanol–water partition coefficient (Wildman–Crippen LogP) is 2.45. The molecule has 1 aromatic heterocycles. The number of fused-ring (bicyclic) bond motifs is 1. The molecular weight excluding hydrogens is 414 g/mol. The van der Waals surface area contributed by atoms with E-state index in [2.05, 4.69) is 15.3 Å². The fraction of sp³-hybridized carbons (Fsp3) is 0.444. The molecule has 0 aliphatic carbocycles. The lowest BCUT2D eigenvalue weighted by atomic mass is 9.94. The Labute approximate surface area is 173 Å². The van der Waals surface area contributed by atoms with Crippen molar-refractivity contribution in [1.29, 1.82) is 0 Å². The first kappa shape index (κ1) is 21.6. The lowest BCUT2D eigenvalue weighted by molar-refractivity contribution is -0.384. The third kappa shape index (κ3) is 4.08. The number of nitrogens with zero attached hydrogens (tertiary/aromatic N) is 3. The maximum Gasteiger partial charge on any atom is 0.414 e. The number of aromatic amines is 1. The van der Waals surface area contributed by atoms with Crippen molar-refractivity contribution in [1.82, 2.24) is 14.6 Å². The Balaban J connectivity index is 2.10. The van der Waals surface area contributed by atoms with Crippen LogP contribution in [0.4, 0.5) is 10.5 Å². The van der Waals surface area contributed by atoms with Crippen LogP contribution in [0.3, 0.4) is 0 Å². The minimum absolute atomic E-state index is 0.126. The molecule has 12 heteroatoms. The van der Waals surface area contributed by atoms with Crippen molar-refractivity contribution in [3.8, 4) is 0 Å². The van der Waals surface area contributed by atoms with Crippen LogP contribution in [-0.4, -0.2) is 53.1 Å². The van der Waals surface area contributed by atoms with Crippen LogP contribution in [0.25, 0.3) is 10.9 Å². The van der Waals surface area contributed by atoms with Gasteiger partial charge in [0.1, 0.15) is 11.1 Å². The maximum atomic E-state index is 12.8. The molecule has 2 heterocycles. The number of nitro benzene ring substituents is 1. The summed E-state index contributed by atoms with van der Waals surface area (Å²) in [5, 5.41) is 14.0. The monoisotopic (exact) mass is 437 g/mol. The summed E-state index contributed by atoms with van der Waals surface area (Å²) in [7, 11) is -2.56. The van der Waals surface area contributed by atoms with Gasteiger partial charge in [0, 0.05) is 41.8 Å². The smallest absolute Gasteiger partial charge is 0.414 e. The third-order valence-electron chi connectivity index (χ3n) is 4.60. The number of alkyl carbamates (subject to hydrolysis) is 1. The van der Waals surface area contributed by atoms with Gasteiger partial charge in [0.2, 0.25) is 16.0 Å². The zero-order valence-electron chi connectivity index (χ0n) is 17.2. The number of amides is 1. The van der Waals surface area contributed by atoms with Gasteiger partial charge in [-0.2, -0.15) is 0 Å². The van der Waals surface area contributed by atoms with Crippen LogP contribution in [0.15, 0.2) is 29.4 Å². The molecule has 0 saturated carbocycles. The van der Waals surface area contributed by atoms with Crippen molar-refractivity contribution in [2.75, 3.05) is 12.8 Å². The molecule has 0 spiro atoms. The molecule has 162 valence electrons. The Morgan fingerprint density at radius 3 is 2.67 bits per heavy atom. The fourth-order valence-electron chi connectivity index (χ4n) is 3.23. The molecule has 0 saturated heterocycles. The van der Waals surface area contributed by atoms with Crippen molar-refractivity contribution < 1.29 is 22.9 Å². The van der Waals surface area contributed by atoms with E-state index in [0.29, 0.717) is 16.5 Å². The molecule has 1 atom stereocenters. The van der Waals surface area contributed by atoms with Gasteiger partial charge in [-0.1, -0.05) is 0 Å². The average Bonchev–Trinajstić information content (AvgIpc) is 3.01. The van der Waals surface area contributed by atoms with Crippen molar-refractivity contribution >= 4 is 38.7 Å². The topological polar surface area (TPSA) is 147 Å². The normalized spacial score (nSPS) is 21.2. The predicted molar refractivity (Wildman–Crippen MR) is 111 cm³/mol. The lowest BCUT2D eigenvalue weighted by Crippen LogP contribution is -2.54. The Hall–Kier alpha value is -3.15. The highest BCUT2D eigenvalue weighted by Crippen LogP contribution is 2.37. The Morgan fingerprint density at radius 2 is 2.07 bits per heavy atom. The van der Waals surface area contributed by atoms with E-state index in [0.717, 1.165) is 4.31 Å². The number of benzene rings is 1. The number of carbonyl (C=O) groups excluding carboxylic acids is 1. The standard InChI is InChI=1S/C18H23N5O6S/c1-17(2,3)29-16(24)20-15-21-18(4,10-30(27,28)22(15)5)13-9-19-14-7-6-11(23(25)26)8-12(13)14/h6-9,19H,10H2,1-5H3,(H,20,21,24)/t18-/m0/s1. The molecule has 30 heavy (non-hydrogen) atoms. The van der Waals surface area contributed by atoms with E-state index in [4.69, 9.17) is 4.74 Å². The summed E-state index contributed by atoms with van der Waals surface area (Å²) in [6.45, 7) is 6.63. The van der Waals surface area contributed by atoms with Crippen LogP contribution in [0, 0.1) is 10.1 Å². The first-order chi connectivity index (χ1) is 13.7. The van der Waals surface area contributed by atoms with Crippen molar-refractivity contribution in [3.63, 3.8) is 0 Å². The minimum Gasteiger partial charge on any atom is -0.444 e. The first-order valence-electron chi connectivity index (χ1n) is 9.04. The van der Waals surface area contributed by atoms with Gasteiger partial charge >= 0.3 is 6.09 Å². The number of guanidine groups is 1. The quantitative estimate of drug-likeness (QED) is 0.545. The first-order valence-corrected chi connectivity index (χ1v) is 10.7. The highest BCUT2D eigenvalue weighted by Gasteiger charge is 2.43. The molecule has 2 aromatic rings. The number of hydrogen-bond acceptors (Lipinski definition) is 7. The van der Waals surface area contributed by atoms with E-state index in [1.807, 2.05) is 0 Å². The summed E-state index contributed by atoms with van der Waals surface area (Å²) in [4.78, 5) is 30.3. The minimum atomic E-state index is -3.84. The summed E-state index contributed by atoms with van der Waals surface area (Å²) < 4.78 is 31.7. The number of nitro groups is 1. The highest BCUT2D eigenvalue weighted by atomic mass is 32.2. The van der Waals surface area contributed by atoms with Crippen LogP contribution >= 0.6 is 0 Å². The molecular formula is C18H23N5O6S. The summed E-state index contributed by atoms with van der Waals surface area (Å²) >= 11 is 0. The van der Waals surface area contributed by atoms with E-state index in [-0.39, 0.29) is 17.4 Å². The van der Waals surface area contributed by atoms with Gasteiger partial charge in [-0.25, -0.2) is 22.5 Å².